The highest BCUT2D eigenvalue weighted by molar-refractivity contribution is 5.12. The number of nitrogens with one attached hydrogen (secondary N) is 1. The molecule has 4 atom stereocenters. The molecule has 2 aliphatic rings. The number of hydrogen-bond donors (Lipinski definition) is 2. The third-order valence-electron chi connectivity index (χ3n) is 3.45. The summed E-state index contributed by atoms with van der Waals surface area (Å²) in [4.78, 5) is 0. The van der Waals surface area contributed by atoms with Crippen LogP contribution in [0.1, 0.15) is 26.2 Å². The van der Waals surface area contributed by atoms with Crippen molar-refractivity contribution in [1.82, 2.24) is 5.32 Å². The Kier molecular flexibility index (Phi) is 2.70. The van der Waals surface area contributed by atoms with E-state index in [2.05, 4.69) is 17.5 Å². The van der Waals surface area contributed by atoms with E-state index in [1.54, 1.807) is 0 Å². The third-order valence-corrected chi connectivity index (χ3v) is 3.45. The Morgan fingerprint density at radius 1 is 1.62 bits per heavy atom. The Morgan fingerprint density at radius 2 is 2.46 bits per heavy atom. The first-order valence-corrected chi connectivity index (χ1v) is 5.39. The molecule has 2 nitrogen and oxygen atoms in total. The van der Waals surface area contributed by atoms with Gasteiger partial charge in [0.2, 0.25) is 0 Å². The number of allylic oxidation sites excluding steroid dienone is 1. The molecule has 0 aromatic heterocycles. The minimum atomic E-state index is -0.163. The maximum absolute atomic E-state index is 9.39. The van der Waals surface area contributed by atoms with Crippen LogP contribution in [0.3, 0.4) is 0 Å². The lowest BCUT2D eigenvalue weighted by Crippen LogP contribution is -2.49. The highest BCUT2D eigenvalue weighted by Crippen LogP contribution is 2.42. The van der Waals surface area contributed by atoms with E-state index in [1.165, 1.54) is 12.8 Å². The molecule has 0 spiro atoms. The van der Waals surface area contributed by atoms with Crippen LogP contribution in [0.15, 0.2) is 12.2 Å². The fourth-order valence-corrected chi connectivity index (χ4v) is 2.38. The topological polar surface area (TPSA) is 32.3 Å². The molecule has 0 radical (unpaired) electrons. The van der Waals surface area contributed by atoms with Crippen LogP contribution >= 0.6 is 0 Å². The number of fused-ring (bicyclic) bond motifs is 1. The molecule has 0 bridgehead atoms. The first-order valence-electron chi connectivity index (χ1n) is 5.39. The van der Waals surface area contributed by atoms with Crippen molar-refractivity contribution in [2.75, 3.05) is 6.54 Å². The first-order chi connectivity index (χ1) is 6.31. The summed E-state index contributed by atoms with van der Waals surface area (Å²) in [5, 5.41) is 12.8. The molecular weight excluding hydrogens is 162 g/mol. The van der Waals surface area contributed by atoms with Crippen LogP contribution in [0.5, 0.6) is 0 Å². The molecule has 0 aromatic rings. The van der Waals surface area contributed by atoms with Crippen LogP contribution in [-0.2, 0) is 0 Å². The quantitative estimate of drug-likeness (QED) is 0.641. The summed E-state index contributed by atoms with van der Waals surface area (Å²) in [7, 11) is 0. The van der Waals surface area contributed by atoms with Gasteiger partial charge in [0.25, 0.3) is 0 Å². The fourth-order valence-electron chi connectivity index (χ4n) is 2.38. The van der Waals surface area contributed by atoms with E-state index in [9.17, 15) is 5.11 Å². The van der Waals surface area contributed by atoms with Gasteiger partial charge in [0.05, 0.1) is 6.10 Å². The molecule has 4 unspecified atom stereocenters. The van der Waals surface area contributed by atoms with E-state index in [-0.39, 0.29) is 6.10 Å². The van der Waals surface area contributed by atoms with Gasteiger partial charge in [-0.3, -0.25) is 0 Å². The van der Waals surface area contributed by atoms with Crippen LogP contribution in [0.25, 0.3) is 0 Å². The summed E-state index contributed by atoms with van der Waals surface area (Å²) >= 11 is 0. The largest absolute Gasteiger partial charge is 0.392 e. The van der Waals surface area contributed by atoms with Crippen molar-refractivity contribution in [2.24, 2.45) is 11.8 Å². The SMILES string of the molecule is CCC(O)CNC1CC2CC=CC21. The number of aliphatic hydroxyl groups excluding tert-OH is 1. The van der Waals surface area contributed by atoms with Gasteiger partial charge in [0.1, 0.15) is 0 Å². The molecule has 13 heavy (non-hydrogen) atoms. The average Bonchev–Trinajstić information content (AvgIpc) is 2.47. The maximum atomic E-state index is 9.39. The molecule has 2 rings (SSSR count). The zero-order chi connectivity index (χ0) is 9.26. The van der Waals surface area contributed by atoms with Crippen LogP contribution in [-0.4, -0.2) is 23.8 Å². The standard InChI is InChI=1S/C11H19NO/c1-2-9(13)7-12-11-6-8-4-3-5-10(8)11/h3,5,8-13H,2,4,6-7H2,1H3. The predicted molar refractivity (Wildman–Crippen MR) is 53.4 cm³/mol. The molecule has 2 N–H and O–H groups in total. The molecule has 0 aliphatic heterocycles. The number of aliphatic hydroxyl groups is 1. The van der Waals surface area contributed by atoms with Crippen molar-refractivity contribution in [2.45, 2.75) is 38.3 Å². The first kappa shape index (κ1) is 9.22. The summed E-state index contributed by atoms with van der Waals surface area (Å²) < 4.78 is 0. The normalized spacial score (nSPS) is 38.5. The number of hydrogen-bond acceptors (Lipinski definition) is 2. The Balaban J connectivity index is 1.69. The molecule has 74 valence electrons. The highest BCUT2D eigenvalue weighted by Gasteiger charge is 2.40. The van der Waals surface area contributed by atoms with Crippen molar-refractivity contribution in [3.05, 3.63) is 12.2 Å². The average molecular weight is 181 g/mol. The zero-order valence-electron chi connectivity index (χ0n) is 8.24. The van der Waals surface area contributed by atoms with Gasteiger partial charge in [-0.15, -0.1) is 0 Å². The summed E-state index contributed by atoms with van der Waals surface area (Å²) in [6.07, 6.45) is 7.90. The van der Waals surface area contributed by atoms with Gasteiger partial charge >= 0.3 is 0 Å². The van der Waals surface area contributed by atoms with Crippen LogP contribution in [0.4, 0.5) is 0 Å². The van der Waals surface area contributed by atoms with Crippen molar-refractivity contribution in [3.63, 3.8) is 0 Å². The second-order valence-corrected chi connectivity index (χ2v) is 4.31. The molecule has 1 fully saturated rings. The summed E-state index contributed by atoms with van der Waals surface area (Å²) in [6, 6.07) is 0.643. The lowest BCUT2D eigenvalue weighted by atomic mass is 9.71. The van der Waals surface area contributed by atoms with Crippen LogP contribution < -0.4 is 5.32 Å². The lowest BCUT2D eigenvalue weighted by Gasteiger charge is -2.41. The van der Waals surface area contributed by atoms with E-state index in [4.69, 9.17) is 0 Å². The summed E-state index contributed by atoms with van der Waals surface area (Å²) in [6.45, 7) is 2.78. The lowest BCUT2D eigenvalue weighted by molar-refractivity contribution is 0.120. The van der Waals surface area contributed by atoms with Gasteiger partial charge in [0, 0.05) is 12.6 Å². The zero-order valence-corrected chi connectivity index (χ0v) is 8.24. The minimum absolute atomic E-state index is 0.163. The minimum Gasteiger partial charge on any atom is -0.392 e. The van der Waals surface area contributed by atoms with E-state index in [0.29, 0.717) is 6.04 Å². The smallest absolute Gasteiger partial charge is 0.0662 e. The predicted octanol–water partition coefficient (Wildman–Crippen LogP) is 1.31. The Labute approximate surface area is 80.0 Å². The Bertz CT molecular complexity index is 202. The maximum Gasteiger partial charge on any atom is 0.0662 e. The van der Waals surface area contributed by atoms with E-state index < -0.39 is 0 Å². The molecule has 2 aliphatic carbocycles. The summed E-state index contributed by atoms with van der Waals surface area (Å²) in [5.41, 5.74) is 0. The van der Waals surface area contributed by atoms with E-state index >= 15 is 0 Å². The van der Waals surface area contributed by atoms with Crippen molar-refractivity contribution in [3.8, 4) is 0 Å². The van der Waals surface area contributed by atoms with Gasteiger partial charge < -0.3 is 10.4 Å². The molecule has 0 heterocycles. The van der Waals surface area contributed by atoms with Crippen molar-refractivity contribution in [1.29, 1.82) is 0 Å². The van der Waals surface area contributed by atoms with Gasteiger partial charge in [-0.1, -0.05) is 19.1 Å². The second kappa shape index (κ2) is 3.81. The summed E-state index contributed by atoms with van der Waals surface area (Å²) in [5.74, 6) is 1.68. The molecule has 0 aromatic carbocycles. The van der Waals surface area contributed by atoms with E-state index in [0.717, 1.165) is 24.8 Å². The molecule has 1 saturated carbocycles. The van der Waals surface area contributed by atoms with Crippen molar-refractivity contribution >= 4 is 0 Å². The van der Waals surface area contributed by atoms with Crippen molar-refractivity contribution < 1.29 is 5.11 Å². The molecule has 0 saturated heterocycles. The van der Waals surface area contributed by atoms with Crippen LogP contribution in [0.2, 0.25) is 0 Å². The number of rotatable bonds is 4. The molecular formula is C11H19NO. The highest BCUT2D eigenvalue weighted by atomic mass is 16.3. The third kappa shape index (κ3) is 1.79. The van der Waals surface area contributed by atoms with E-state index in [1.807, 2.05) is 6.92 Å². The fraction of sp³-hybridized carbons (Fsp3) is 0.818. The molecule has 0 amide bonds. The van der Waals surface area contributed by atoms with Gasteiger partial charge in [-0.25, -0.2) is 0 Å². The molecule has 2 heteroatoms. The monoisotopic (exact) mass is 181 g/mol. The Morgan fingerprint density at radius 3 is 3.15 bits per heavy atom. The Hall–Kier alpha value is -0.340. The van der Waals surface area contributed by atoms with Gasteiger partial charge in [-0.05, 0) is 31.1 Å². The van der Waals surface area contributed by atoms with Gasteiger partial charge in [0.15, 0.2) is 0 Å². The second-order valence-electron chi connectivity index (χ2n) is 4.31. The van der Waals surface area contributed by atoms with Gasteiger partial charge in [-0.2, -0.15) is 0 Å². The van der Waals surface area contributed by atoms with Crippen LogP contribution in [0, 0.1) is 11.8 Å².